The Hall–Kier alpha value is -2.34. The van der Waals surface area contributed by atoms with Gasteiger partial charge in [0.1, 0.15) is 19.0 Å². The van der Waals surface area contributed by atoms with Gasteiger partial charge in [-0.1, -0.05) is 25.1 Å². The van der Waals surface area contributed by atoms with Crippen LogP contribution in [0.5, 0.6) is 0 Å². The fourth-order valence-corrected chi connectivity index (χ4v) is 4.72. The number of hydrogen-bond donors (Lipinski definition) is 0. The van der Waals surface area contributed by atoms with E-state index in [1.807, 2.05) is 42.3 Å². The molecule has 0 unspecified atom stereocenters. The number of rotatable bonds is 2. The lowest BCUT2D eigenvalue weighted by Crippen LogP contribution is -2.48. The first-order valence-electron chi connectivity index (χ1n) is 10.7. The molecule has 3 aliphatic rings. The van der Waals surface area contributed by atoms with Crippen molar-refractivity contribution in [3.8, 4) is 0 Å². The number of aliphatic imine (C=N–C) groups is 1. The molecule has 1 aliphatic carbocycles. The predicted molar refractivity (Wildman–Crippen MR) is 116 cm³/mol. The maximum absolute atomic E-state index is 13.4. The minimum atomic E-state index is -0.00715. The van der Waals surface area contributed by atoms with Gasteiger partial charge in [0.05, 0.1) is 12.4 Å². The molecular formula is C23H32N4O2. The van der Waals surface area contributed by atoms with Crippen molar-refractivity contribution < 1.29 is 9.53 Å². The lowest BCUT2D eigenvalue weighted by molar-refractivity contribution is -0.117. The van der Waals surface area contributed by atoms with Crippen LogP contribution in [0.1, 0.15) is 32.6 Å². The molecule has 1 amide bonds. The van der Waals surface area contributed by atoms with Crippen LogP contribution in [0, 0.1) is 11.8 Å². The summed E-state index contributed by atoms with van der Waals surface area (Å²) in [5.74, 6) is 2.82. The molecule has 1 aromatic carbocycles. The van der Waals surface area contributed by atoms with Gasteiger partial charge in [-0.3, -0.25) is 14.6 Å². The van der Waals surface area contributed by atoms with Crippen molar-refractivity contribution >= 4 is 17.5 Å². The van der Waals surface area contributed by atoms with Crippen LogP contribution in [0.4, 0.5) is 5.69 Å². The number of anilines is 1. The third kappa shape index (κ3) is 4.32. The summed E-state index contributed by atoms with van der Waals surface area (Å²) in [6.45, 7) is 4.46. The number of benzene rings is 1. The van der Waals surface area contributed by atoms with E-state index >= 15 is 0 Å². The fraction of sp³-hybridized carbons (Fsp3) is 0.565. The van der Waals surface area contributed by atoms with Crippen LogP contribution in [0.15, 0.2) is 46.7 Å². The number of carbonyl (C=O) groups is 1. The zero-order chi connectivity index (χ0) is 20.4. The van der Waals surface area contributed by atoms with Crippen LogP contribution >= 0.6 is 0 Å². The van der Waals surface area contributed by atoms with Crippen molar-refractivity contribution in [2.75, 3.05) is 45.4 Å². The summed E-state index contributed by atoms with van der Waals surface area (Å²) in [7, 11) is 4.13. The molecule has 1 aromatic rings. The number of amides is 1. The monoisotopic (exact) mass is 396 g/mol. The highest BCUT2D eigenvalue weighted by Gasteiger charge is 2.33. The summed E-state index contributed by atoms with van der Waals surface area (Å²) in [4.78, 5) is 24.3. The van der Waals surface area contributed by atoms with Gasteiger partial charge >= 0.3 is 0 Å². The summed E-state index contributed by atoms with van der Waals surface area (Å²) < 4.78 is 6.30. The van der Waals surface area contributed by atoms with Gasteiger partial charge in [0.15, 0.2) is 5.90 Å². The standard InChI is InChI=1S/C23H32N4O2/c1-17-9-11-18(12-10-17)22-24-13-21(28)27(20-7-5-4-6-8-20)23-19(15-29-22)14-25(2)16-26(23)3/h4-8,17-18H,9-16H2,1-3H3. The highest BCUT2D eigenvalue weighted by Crippen LogP contribution is 2.32. The van der Waals surface area contributed by atoms with Crippen molar-refractivity contribution in [2.45, 2.75) is 32.6 Å². The van der Waals surface area contributed by atoms with Crippen molar-refractivity contribution in [1.29, 1.82) is 0 Å². The highest BCUT2D eigenvalue weighted by molar-refractivity contribution is 5.99. The Labute approximate surface area is 173 Å². The maximum Gasteiger partial charge on any atom is 0.254 e. The average Bonchev–Trinajstić information content (AvgIpc) is 2.78. The number of ether oxygens (including phenoxy) is 1. The Morgan fingerprint density at radius 3 is 2.52 bits per heavy atom. The van der Waals surface area contributed by atoms with E-state index in [9.17, 15) is 4.79 Å². The van der Waals surface area contributed by atoms with Crippen LogP contribution in [0.25, 0.3) is 0 Å². The number of nitrogens with zero attached hydrogens (tertiary/aromatic N) is 4. The molecule has 1 fully saturated rings. The largest absolute Gasteiger partial charge is 0.476 e. The minimum absolute atomic E-state index is 0.00715. The van der Waals surface area contributed by atoms with Gasteiger partial charge in [0.25, 0.3) is 5.91 Å². The SMILES string of the molecule is CC1CCC(C2=NCC(=O)N(c3ccccc3)C3=C(CO2)CN(C)CN3C)CC1. The first kappa shape index (κ1) is 20.0. The minimum Gasteiger partial charge on any atom is -0.476 e. The fourth-order valence-electron chi connectivity index (χ4n) is 4.72. The zero-order valence-corrected chi connectivity index (χ0v) is 17.8. The van der Waals surface area contributed by atoms with E-state index < -0.39 is 0 Å². The van der Waals surface area contributed by atoms with Gasteiger partial charge in [-0.25, -0.2) is 4.99 Å². The predicted octanol–water partition coefficient (Wildman–Crippen LogP) is 3.32. The second-order valence-corrected chi connectivity index (χ2v) is 8.75. The van der Waals surface area contributed by atoms with E-state index in [-0.39, 0.29) is 12.5 Å². The van der Waals surface area contributed by atoms with Crippen LogP contribution in [-0.4, -0.2) is 62.1 Å². The van der Waals surface area contributed by atoms with Crippen LogP contribution in [0.3, 0.4) is 0 Å². The molecule has 0 N–H and O–H groups in total. The Morgan fingerprint density at radius 2 is 1.79 bits per heavy atom. The lowest BCUT2D eigenvalue weighted by Gasteiger charge is -2.40. The van der Waals surface area contributed by atoms with E-state index in [2.05, 4.69) is 23.8 Å². The zero-order valence-electron chi connectivity index (χ0n) is 17.8. The average molecular weight is 397 g/mol. The second kappa shape index (κ2) is 8.57. The Morgan fingerprint density at radius 1 is 1.07 bits per heavy atom. The van der Waals surface area contributed by atoms with Crippen molar-refractivity contribution in [3.05, 3.63) is 41.7 Å². The third-order valence-electron chi connectivity index (χ3n) is 6.20. The van der Waals surface area contributed by atoms with E-state index in [4.69, 9.17) is 9.73 Å². The molecule has 6 nitrogen and oxygen atoms in total. The second-order valence-electron chi connectivity index (χ2n) is 8.75. The Kier molecular flexibility index (Phi) is 5.90. The molecule has 1 saturated carbocycles. The molecule has 0 atom stereocenters. The maximum atomic E-state index is 13.4. The summed E-state index contributed by atoms with van der Waals surface area (Å²) in [6, 6.07) is 9.89. The third-order valence-corrected chi connectivity index (χ3v) is 6.20. The van der Waals surface area contributed by atoms with E-state index in [0.717, 1.165) is 55.0 Å². The molecule has 29 heavy (non-hydrogen) atoms. The van der Waals surface area contributed by atoms with Crippen LogP contribution in [-0.2, 0) is 9.53 Å². The summed E-state index contributed by atoms with van der Waals surface area (Å²) >= 11 is 0. The highest BCUT2D eigenvalue weighted by atomic mass is 16.5. The molecule has 0 radical (unpaired) electrons. The van der Waals surface area contributed by atoms with E-state index in [0.29, 0.717) is 12.5 Å². The van der Waals surface area contributed by atoms with Gasteiger partial charge in [-0.05, 0) is 50.8 Å². The molecule has 156 valence electrons. The first-order chi connectivity index (χ1) is 14.0. The molecule has 0 aromatic heterocycles. The quantitative estimate of drug-likeness (QED) is 0.769. The smallest absolute Gasteiger partial charge is 0.254 e. The Balaban J connectivity index is 1.70. The van der Waals surface area contributed by atoms with Crippen molar-refractivity contribution in [2.24, 2.45) is 16.8 Å². The van der Waals surface area contributed by atoms with E-state index in [1.54, 1.807) is 0 Å². The number of hydrogen-bond acceptors (Lipinski definition) is 5. The number of para-hydroxylation sites is 1. The normalized spacial score (nSPS) is 26.9. The van der Waals surface area contributed by atoms with Gasteiger partial charge in [-0.2, -0.15) is 0 Å². The molecule has 4 rings (SSSR count). The van der Waals surface area contributed by atoms with Gasteiger partial charge in [0.2, 0.25) is 0 Å². The lowest BCUT2D eigenvalue weighted by atomic mass is 9.83. The summed E-state index contributed by atoms with van der Waals surface area (Å²) in [5, 5.41) is 0. The van der Waals surface area contributed by atoms with Crippen molar-refractivity contribution in [1.82, 2.24) is 9.80 Å². The number of likely N-dealkylation sites (N-methyl/N-ethyl adjacent to an activating group) is 1. The van der Waals surface area contributed by atoms with Crippen LogP contribution in [0.2, 0.25) is 0 Å². The van der Waals surface area contributed by atoms with Crippen LogP contribution < -0.4 is 4.90 Å². The van der Waals surface area contributed by atoms with Gasteiger partial charge < -0.3 is 9.64 Å². The Bertz CT molecular complexity index is 796. The molecule has 2 aliphatic heterocycles. The molecule has 2 heterocycles. The van der Waals surface area contributed by atoms with Gasteiger partial charge in [0, 0.05) is 25.1 Å². The summed E-state index contributed by atoms with van der Waals surface area (Å²) in [6.07, 6.45) is 4.61. The molecule has 0 saturated heterocycles. The molecular weight excluding hydrogens is 364 g/mol. The van der Waals surface area contributed by atoms with E-state index in [1.165, 1.54) is 12.8 Å². The molecule has 0 spiro atoms. The van der Waals surface area contributed by atoms with Gasteiger partial charge in [-0.15, -0.1) is 0 Å². The molecule has 6 heteroatoms. The number of carbonyl (C=O) groups excluding carboxylic acids is 1. The first-order valence-corrected chi connectivity index (χ1v) is 10.7. The van der Waals surface area contributed by atoms with Crippen molar-refractivity contribution in [3.63, 3.8) is 0 Å². The topological polar surface area (TPSA) is 48.4 Å². The summed E-state index contributed by atoms with van der Waals surface area (Å²) in [5.41, 5.74) is 2.00. The molecule has 0 bridgehead atoms.